The van der Waals surface area contributed by atoms with Crippen LogP contribution in [0.15, 0.2) is 29.3 Å². The zero-order chi connectivity index (χ0) is 20.0. The molecular formula is C21H34FN3O3. The van der Waals surface area contributed by atoms with Crippen LogP contribution >= 0.6 is 0 Å². The fourth-order valence-electron chi connectivity index (χ4n) is 2.92. The van der Waals surface area contributed by atoms with E-state index in [1.807, 2.05) is 11.9 Å². The van der Waals surface area contributed by atoms with Crippen molar-refractivity contribution in [3.63, 3.8) is 0 Å². The summed E-state index contributed by atoms with van der Waals surface area (Å²) in [5.74, 6) is 1.90. The van der Waals surface area contributed by atoms with E-state index in [1.165, 1.54) is 12.1 Å². The molecule has 0 saturated carbocycles. The molecule has 6 nitrogen and oxygen atoms in total. The summed E-state index contributed by atoms with van der Waals surface area (Å²) in [4.78, 5) is 6.70. The molecule has 0 bridgehead atoms. The Morgan fingerprint density at radius 1 is 1.25 bits per heavy atom. The standard InChI is InChI=1S/C21H34FN3O3/c1-3-23-21(24-11-4-13-27-17-18-9-14-26-15-10-18)25(2)12-16-28-20-7-5-19(22)6-8-20/h5-8,18H,3-4,9-17H2,1-2H3,(H,23,24). The molecule has 1 aliphatic rings. The van der Waals surface area contributed by atoms with Gasteiger partial charge in [0.25, 0.3) is 0 Å². The predicted molar refractivity (Wildman–Crippen MR) is 109 cm³/mol. The molecule has 0 unspecified atom stereocenters. The molecule has 0 aromatic heterocycles. The minimum absolute atomic E-state index is 0.261. The fourth-order valence-corrected chi connectivity index (χ4v) is 2.92. The van der Waals surface area contributed by atoms with E-state index in [4.69, 9.17) is 14.2 Å². The van der Waals surface area contributed by atoms with Gasteiger partial charge in [0.15, 0.2) is 5.96 Å². The first-order valence-electron chi connectivity index (χ1n) is 10.2. The molecule has 158 valence electrons. The molecule has 1 N–H and O–H groups in total. The molecule has 1 saturated heterocycles. The highest BCUT2D eigenvalue weighted by atomic mass is 19.1. The van der Waals surface area contributed by atoms with Crippen LogP contribution in [0.1, 0.15) is 26.2 Å². The van der Waals surface area contributed by atoms with Gasteiger partial charge in [-0.25, -0.2) is 4.39 Å². The van der Waals surface area contributed by atoms with Gasteiger partial charge in [-0.2, -0.15) is 0 Å². The summed E-state index contributed by atoms with van der Waals surface area (Å²) < 4.78 is 29.7. The van der Waals surface area contributed by atoms with E-state index in [-0.39, 0.29) is 5.82 Å². The van der Waals surface area contributed by atoms with E-state index in [0.717, 1.165) is 64.7 Å². The number of hydrogen-bond donors (Lipinski definition) is 1. The van der Waals surface area contributed by atoms with Crippen molar-refractivity contribution in [3.8, 4) is 5.75 Å². The lowest BCUT2D eigenvalue weighted by molar-refractivity contribution is 0.0205. The van der Waals surface area contributed by atoms with Crippen molar-refractivity contribution in [2.45, 2.75) is 26.2 Å². The number of halogens is 1. The molecule has 0 aliphatic carbocycles. The largest absolute Gasteiger partial charge is 0.492 e. The number of nitrogens with zero attached hydrogens (tertiary/aromatic N) is 2. The van der Waals surface area contributed by atoms with Gasteiger partial charge in [-0.3, -0.25) is 4.99 Å². The van der Waals surface area contributed by atoms with E-state index in [9.17, 15) is 4.39 Å². The number of ether oxygens (including phenoxy) is 3. The molecule has 1 heterocycles. The SMILES string of the molecule is CCNC(=NCCCOCC1CCOCC1)N(C)CCOc1ccc(F)cc1. The third kappa shape index (κ3) is 8.89. The zero-order valence-electron chi connectivity index (χ0n) is 17.2. The van der Waals surface area contributed by atoms with Crippen molar-refractivity contribution >= 4 is 5.96 Å². The quantitative estimate of drug-likeness (QED) is 0.355. The normalized spacial score (nSPS) is 15.5. The summed E-state index contributed by atoms with van der Waals surface area (Å²) in [6.45, 7) is 8.05. The number of nitrogens with one attached hydrogen (secondary N) is 1. The Hall–Kier alpha value is -1.86. The van der Waals surface area contributed by atoms with Crippen LogP contribution < -0.4 is 10.1 Å². The highest BCUT2D eigenvalue weighted by Gasteiger charge is 2.13. The molecule has 1 aromatic carbocycles. The van der Waals surface area contributed by atoms with Gasteiger partial charge in [-0.05, 0) is 56.4 Å². The van der Waals surface area contributed by atoms with Gasteiger partial charge in [0.2, 0.25) is 0 Å². The molecule has 2 rings (SSSR count). The summed E-state index contributed by atoms with van der Waals surface area (Å²) in [6, 6.07) is 6.06. The van der Waals surface area contributed by atoms with Gasteiger partial charge in [0.05, 0.1) is 6.54 Å². The van der Waals surface area contributed by atoms with E-state index in [2.05, 4.69) is 17.2 Å². The highest BCUT2D eigenvalue weighted by Crippen LogP contribution is 2.14. The Labute approximate surface area is 168 Å². The number of rotatable bonds is 11. The Bertz CT molecular complexity index is 563. The van der Waals surface area contributed by atoms with Crippen molar-refractivity contribution in [1.82, 2.24) is 10.2 Å². The van der Waals surface area contributed by atoms with Crippen molar-refractivity contribution in [2.75, 3.05) is 59.7 Å². The van der Waals surface area contributed by atoms with Crippen LogP contribution in [0.4, 0.5) is 4.39 Å². The lowest BCUT2D eigenvalue weighted by Gasteiger charge is -2.22. The average Bonchev–Trinajstić information content (AvgIpc) is 2.72. The molecule has 0 atom stereocenters. The number of benzene rings is 1. The monoisotopic (exact) mass is 395 g/mol. The second-order valence-electron chi connectivity index (χ2n) is 6.94. The van der Waals surface area contributed by atoms with Crippen molar-refractivity contribution in [1.29, 1.82) is 0 Å². The van der Waals surface area contributed by atoms with Crippen molar-refractivity contribution < 1.29 is 18.6 Å². The summed E-state index contributed by atoms with van der Waals surface area (Å²) >= 11 is 0. The molecule has 1 aromatic rings. The first kappa shape index (κ1) is 22.4. The van der Waals surface area contributed by atoms with Crippen molar-refractivity contribution in [3.05, 3.63) is 30.1 Å². The van der Waals surface area contributed by atoms with Crippen LogP contribution in [-0.4, -0.2) is 70.6 Å². The van der Waals surface area contributed by atoms with E-state index in [0.29, 0.717) is 24.8 Å². The van der Waals surface area contributed by atoms with Crippen LogP contribution in [0, 0.1) is 11.7 Å². The molecular weight excluding hydrogens is 361 g/mol. The summed E-state index contributed by atoms with van der Waals surface area (Å²) in [6.07, 6.45) is 3.11. The smallest absolute Gasteiger partial charge is 0.193 e. The Morgan fingerprint density at radius 2 is 2.00 bits per heavy atom. The van der Waals surface area contributed by atoms with Crippen LogP contribution in [0.2, 0.25) is 0 Å². The van der Waals surface area contributed by atoms with Gasteiger partial charge in [0.1, 0.15) is 18.2 Å². The van der Waals surface area contributed by atoms with Gasteiger partial charge in [-0.15, -0.1) is 0 Å². The number of hydrogen-bond acceptors (Lipinski definition) is 4. The molecule has 0 spiro atoms. The molecule has 28 heavy (non-hydrogen) atoms. The lowest BCUT2D eigenvalue weighted by Crippen LogP contribution is -2.41. The number of aliphatic imine (C=N–C) groups is 1. The third-order valence-electron chi connectivity index (χ3n) is 4.61. The first-order valence-corrected chi connectivity index (χ1v) is 10.2. The second kappa shape index (κ2) is 13.3. The van der Waals surface area contributed by atoms with Gasteiger partial charge < -0.3 is 24.4 Å². The van der Waals surface area contributed by atoms with Gasteiger partial charge >= 0.3 is 0 Å². The zero-order valence-corrected chi connectivity index (χ0v) is 17.2. The maximum atomic E-state index is 12.9. The summed E-state index contributed by atoms with van der Waals surface area (Å²) in [5.41, 5.74) is 0. The van der Waals surface area contributed by atoms with E-state index >= 15 is 0 Å². The predicted octanol–water partition coefficient (Wildman–Crippen LogP) is 2.94. The third-order valence-corrected chi connectivity index (χ3v) is 4.61. The minimum atomic E-state index is -0.261. The summed E-state index contributed by atoms with van der Waals surface area (Å²) in [5, 5.41) is 3.30. The summed E-state index contributed by atoms with van der Waals surface area (Å²) in [7, 11) is 1.98. The molecule has 0 radical (unpaired) electrons. The van der Waals surface area contributed by atoms with Crippen molar-refractivity contribution in [2.24, 2.45) is 10.9 Å². The molecule has 1 fully saturated rings. The van der Waals surface area contributed by atoms with Crippen LogP contribution in [0.3, 0.4) is 0 Å². The molecule has 7 heteroatoms. The lowest BCUT2D eigenvalue weighted by atomic mass is 10.0. The molecule has 1 aliphatic heterocycles. The Kier molecular flexibility index (Phi) is 10.7. The maximum absolute atomic E-state index is 12.9. The van der Waals surface area contributed by atoms with E-state index < -0.39 is 0 Å². The van der Waals surface area contributed by atoms with Crippen LogP contribution in [0.5, 0.6) is 5.75 Å². The fraction of sp³-hybridized carbons (Fsp3) is 0.667. The highest BCUT2D eigenvalue weighted by molar-refractivity contribution is 5.79. The Balaban J connectivity index is 1.62. The second-order valence-corrected chi connectivity index (χ2v) is 6.94. The topological polar surface area (TPSA) is 55.3 Å². The average molecular weight is 396 g/mol. The maximum Gasteiger partial charge on any atom is 0.193 e. The Morgan fingerprint density at radius 3 is 2.71 bits per heavy atom. The van der Waals surface area contributed by atoms with Crippen LogP contribution in [0.25, 0.3) is 0 Å². The first-order chi connectivity index (χ1) is 13.7. The van der Waals surface area contributed by atoms with Gasteiger partial charge in [-0.1, -0.05) is 0 Å². The molecule has 0 amide bonds. The number of guanidine groups is 1. The van der Waals surface area contributed by atoms with Gasteiger partial charge in [0, 0.05) is 46.6 Å². The minimum Gasteiger partial charge on any atom is -0.492 e. The number of likely N-dealkylation sites (N-methyl/N-ethyl adjacent to an activating group) is 1. The van der Waals surface area contributed by atoms with Crippen LogP contribution in [-0.2, 0) is 9.47 Å². The van der Waals surface area contributed by atoms with E-state index in [1.54, 1.807) is 12.1 Å².